The fourth-order valence-corrected chi connectivity index (χ4v) is 5.01. The minimum absolute atomic E-state index is 0.256. The third-order valence-electron chi connectivity index (χ3n) is 5.82. The molecule has 4 aromatic carbocycles. The van der Waals surface area contributed by atoms with Crippen LogP contribution >= 0.6 is 12.2 Å². The van der Waals surface area contributed by atoms with Gasteiger partial charge >= 0.3 is 0 Å². The Hall–Kier alpha value is -3.31. The zero-order valence-corrected chi connectivity index (χ0v) is 19.5. The zero-order valence-electron chi connectivity index (χ0n) is 18.7. The van der Waals surface area contributed by atoms with Gasteiger partial charge in [-0.05, 0) is 62.8 Å². The van der Waals surface area contributed by atoms with E-state index in [0.29, 0.717) is 10.9 Å². The van der Waals surface area contributed by atoms with E-state index in [4.69, 9.17) is 26.9 Å². The summed E-state index contributed by atoms with van der Waals surface area (Å²) in [5.74, 6) is 0.674. The van der Waals surface area contributed by atoms with Crippen molar-refractivity contribution >= 4 is 61.0 Å². The third-order valence-corrected chi connectivity index (χ3v) is 6.11. The molecule has 1 aromatic heterocycles. The first-order chi connectivity index (χ1) is 15.4. The smallest absolute Gasteiger partial charge is 0.265 e. The van der Waals surface area contributed by atoms with E-state index >= 15 is 0 Å². The second-order valence-electron chi connectivity index (χ2n) is 8.63. The summed E-state index contributed by atoms with van der Waals surface area (Å²) in [4.78, 5) is 12.1. The first-order valence-electron chi connectivity index (χ1n) is 10.9. The standard InChI is InChI=1S/C27H25N3OS/c1-16(2)30(17(3)4)27(32)31-18-13-14-23-24(15-18)29-26-22-12-8-6-10-20(22)19-9-5-7-11-21(19)25(26)28-23/h5-17H,1-4H3. The lowest BCUT2D eigenvalue weighted by Crippen LogP contribution is -2.43. The van der Waals surface area contributed by atoms with Crippen LogP contribution in [0.15, 0.2) is 66.7 Å². The van der Waals surface area contributed by atoms with E-state index < -0.39 is 0 Å². The van der Waals surface area contributed by atoms with Crippen LogP contribution in [0.5, 0.6) is 5.75 Å². The number of ether oxygens (including phenoxy) is 1. The summed E-state index contributed by atoms with van der Waals surface area (Å²) in [6, 6.07) is 23.1. The number of hydrogen-bond acceptors (Lipinski definition) is 4. The van der Waals surface area contributed by atoms with Crippen molar-refractivity contribution in [1.29, 1.82) is 0 Å². The Labute approximate surface area is 192 Å². The molecule has 0 saturated heterocycles. The topological polar surface area (TPSA) is 38.2 Å². The molecule has 0 bridgehead atoms. The van der Waals surface area contributed by atoms with Crippen molar-refractivity contribution in [3.63, 3.8) is 0 Å². The molecule has 5 rings (SSSR count). The minimum Gasteiger partial charge on any atom is -0.432 e. The van der Waals surface area contributed by atoms with Crippen molar-refractivity contribution in [2.45, 2.75) is 39.8 Å². The molecule has 1 heterocycles. The summed E-state index contributed by atoms with van der Waals surface area (Å²) < 4.78 is 6.07. The van der Waals surface area contributed by atoms with Gasteiger partial charge in [-0.25, -0.2) is 9.97 Å². The third kappa shape index (κ3) is 3.43. The monoisotopic (exact) mass is 439 g/mol. The van der Waals surface area contributed by atoms with Gasteiger partial charge in [0.15, 0.2) is 0 Å². The van der Waals surface area contributed by atoms with Gasteiger partial charge in [0.1, 0.15) is 5.75 Å². The molecule has 0 radical (unpaired) electrons. The highest BCUT2D eigenvalue weighted by atomic mass is 32.1. The lowest BCUT2D eigenvalue weighted by atomic mass is 9.99. The van der Waals surface area contributed by atoms with Crippen LogP contribution in [-0.4, -0.2) is 32.1 Å². The predicted molar refractivity (Wildman–Crippen MR) is 137 cm³/mol. The van der Waals surface area contributed by atoms with E-state index in [2.05, 4.69) is 75.1 Å². The first kappa shape index (κ1) is 20.6. The number of hydrogen-bond donors (Lipinski definition) is 0. The molecule has 0 N–H and O–H groups in total. The number of rotatable bonds is 3. The summed E-state index contributed by atoms with van der Waals surface area (Å²) in [6.07, 6.45) is 0. The summed E-state index contributed by atoms with van der Waals surface area (Å²) >= 11 is 5.59. The predicted octanol–water partition coefficient (Wildman–Crippen LogP) is 6.87. The van der Waals surface area contributed by atoms with Crippen LogP contribution < -0.4 is 4.74 Å². The highest BCUT2D eigenvalue weighted by Gasteiger charge is 2.19. The molecule has 5 heteroatoms. The zero-order chi connectivity index (χ0) is 22.4. The molecule has 0 aliphatic rings. The summed E-state index contributed by atoms with van der Waals surface area (Å²) in [7, 11) is 0. The van der Waals surface area contributed by atoms with Crippen molar-refractivity contribution in [1.82, 2.24) is 14.9 Å². The van der Waals surface area contributed by atoms with Gasteiger partial charge in [0.05, 0.1) is 22.1 Å². The van der Waals surface area contributed by atoms with Gasteiger partial charge in [0.25, 0.3) is 5.17 Å². The molecule has 32 heavy (non-hydrogen) atoms. The van der Waals surface area contributed by atoms with Crippen LogP contribution in [0, 0.1) is 0 Å². The van der Waals surface area contributed by atoms with E-state index in [-0.39, 0.29) is 12.1 Å². The van der Waals surface area contributed by atoms with Crippen molar-refractivity contribution < 1.29 is 4.74 Å². The summed E-state index contributed by atoms with van der Waals surface area (Å²) in [5.41, 5.74) is 3.44. The van der Waals surface area contributed by atoms with Crippen LogP contribution in [-0.2, 0) is 0 Å². The van der Waals surface area contributed by atoms with E-state index in [1.165, 1.54) is 10.8 Å². The molecule has 5 aromatic rings. The van der Waals surface area contributed by atoms with Crippen LogP contribution in [0.3, 0.4) is 0 Å². The van der Waals surface area contributed by atoms with Crippen LogP contribution in [0.1, 0.15) is 27.7 Å². The van der Waals surface area contributed by atoms with Gasteiger partial charge in [-0.15, -0.1) is 0 Å². The Balaban J connectivity index is 1.68. The number of thiocarbonyl (C=S) groups is 1. The van der Waals surface area contributed by atoms with Crippen molar-refractivity contribution in [3.8, 4) is 5.75 Å². The second-order valence-corrected chi connectivity index (χ2v) is 8.97. The fourth-order valence-electron chi connectivity index (χ4n) is 4.49. The van der Waals surface area contributed by atoms with Gasteiger partial charge in [0, 0.05) is 28.9 Å². The highest BCUT2D eigenvalue weighted by Crippen LogP contribution is 2.34. The molecule has 4 nitrogen and oxygen atoms in total. The van der Waals surface area contributed by atoms with E-state index in [1.54, 1.807) is 0 Å². The Morgan fingerprint density at radius 3 is 1.75 bits per heavy atom. The Kier molecular flexibility index (Phi) is 5.14. The first-order valence-corrected chi connectivity index (χ1v) is 11.4. The lowest BCUT2D eigenvalue weighted by molar-refractivity contribution is 0.254. The van der Waals surface area contributed by atoms with Crippen LogP contribution in [0.4, 0.5) is 0 Å². The van der Waals surface area contributed by atoms with Gasteiger partial charge in [-0.1, -0.05) is 48.5 Å². The number of nitrogens with zero attached hydrogens (tertiary/aromatic N) is 3. The average molecular weight is 440 g/mol. The average Bonchev–Trinajstić information content (AvgIpc) is 2.77. The molecular formula is C27H25N3OS. The maximum absolute atomic E-state index is 6.07. The number of benzene rings is 4. The van der Waals surface area contributed by atoms with E-state index in [0.717, 1.165) is 32.8 Å². The van der Waals surface area contributed by atoms with Crippen molar-refractivity contribution in [2.75, 3.05) is 0 Å². The quantitative estimate of drug-likeness (QED) is 0.174. The molecule has 0 aliphatic heterocycles. The van der Waals surface area contributed by atoms with Gasteiger partial charge < -0.3 is 9.64 Å². The van der Waals surface area contributed by atoms with Crippen molar-refractivity contribution in [3.05, 3.63) is 66.7 Å². The van der Waals surface area contributed by atoms with Crippen LogP contribution in [0.25, 0.3) is 43.6 Å². The van der Waals surface area contributed by atoms with Gasteiger partial charge in [-0.3, -0.25) is 0 Å². The molecule has 0 amide bonds. The SMILES string of the molecule is CC(C)N(C(=S)Oc1ccc2nc3c4ccccc4c4ccccc4c3nc2c1)C(C)C. The Morgan fingerprint density at radius 1 is 0.719 bits per heavy atom. The van der Waals surface area contributed by atoms with Crippen LogP contribution in [0.2, 0.25) is 0 Å². The normalized spacial score (nSPS) is 11.8. The maximum atomic E-state index is 6.07. The van der Waals surface area contributed by atoms with E-state index in [9.17, 15) is 0 Å². The molecule has 0 aliphatic carbocycles. The molecule has 0 saturated carbocycles. The summed E-state index contributed by atoms with van der Waals surface area (Å²) in [6.45, 7) is 8.46. The Bertz CT molecular complexity index is 1480. The fraction of sp³-hybridized carbons (Fsp3) is 0.222. The number of aromatic nitrogens is 2. The molecule has 0 fully saturated rings. The van der Waals surface area contributed by atoms with Gasteiger partial charge in [0.2, 0.25) is 0 Å². The molecule has 0 spiro atoms. The summed E-state index contributed by atoms with van der Waals surface area (Å²) in [5, 5.41) is 5.06. The Morgan fingerprint density at radius 2 is 1.22 bits per heavy atom. The van der Waals surface area contributed by atoms with Crippen molar-refractivity contribution in [2.24, 2.45) is 0 Å². The number of fused-ring (bicyclic) bond motifs is 7. The van der Waals surface area contributed by atoms with Gasteiger partial charge in [-0.2, -0.15) is 0 Å². The largest absolute Gasteiger partial charge is 0.432 e. The maximum Gasteiger partial charge on any atom is 0.265 e. The molecule has 0 atom stereocenters. The molecule has 0 unspecified atom stereocenters. The molecular weight excluding hydrogens is 414 g/mol. The molecule has 160 valence electrons. The lowest BCUT2D eigenvalue weighted by Gasteiger charge is -2.32. The highest BCUT2D eigenvalue weighted by molar-refractivity contribution is 7.80. The minimum atomic E-state index is 0.256. The van der Waals surface area contributed by atoms with E-state index in [1.807, 2.05) is 24.3 Å². The second kappa shape index (κ2) is 7.99.